The zero-order valence-electron chi connectivity index (χ0n) is 18.5. The van der Waals surface area contributed by atoms with Gasteiger partial charge in [-0.2, -0.15) is 4.72 Å². The van der Waals surface area contributed by atoms with Crippen LogP contribution < -0.4 is 4.72 Å². The van der Waals surface area contributed by atoms with Gasteiger partial charge < -0.3 is 10.1 Å². The summed E-state index contributed by atoms with van der Waals surface area (Å²) in [5.41, 5.74) is 2.35. The highest BCUT2D eigenvalue weighted by Crippen LogP contribution is 2.22. The van der Waals surface area contributed by atoms with Crippen molar-refractivity contribution in [3.8, 4) is 17.1 Å². The summed E-state index contributed by atoms with van der Waals surface area (Å²) in [6.45, 7) is 0. The molecule has 0 fully saturated rings. The molecule has 0 saturated heterocycles. The first kappa shape index (κ1) is 23.3. The van der Waals surface area contributed by atoms with Gasteiger partial charge in [0.05, 0.1) is 10.6 Å². The second-order valence-corrected chi connectivity index (χ2v) is 9.70. The molecule has 0 spiro atoms. The molecule has 5 aromatic rings. The number of carbonyl (C=O) groups is 1. The zero-order chi connectivity index (χ0) is 25.3. The first-order chi connectivity index (χ1) is 17.3. The number of fused-ring (bicyclic) bond motifs is 1. The summed E-state index contributed by atoms with van der Waals surface area (Å²) >= 11 is 0. The number of nitrogens with one attached hydrogen (secondary N) is 2. The van der Waals surface area contributed by atoms with Gasteiger partial charge in [0.25, 0.3) is 0 Å². The first-order valence-electron chi connectivity index (χ1n) is 10.8. The van der Waals surface area contributed by atoms with Crippen molar-refractivity contribution < 1.29 is 22.7 Å². The van der Waals surface area contributed by atoms with Crippen molar-refractivity contribution in [2.75, 3.05) is 0 Å². The third kappa shape index (κ3) is 4.72. The topological polar surface area (TPSA) is 143 Å². The lowest BCUT2D eigenvalue weighted by atomic mass is 10.1. The Labute approximate surface area is 204 Å². The minimum atomic E-state index is -4.18. The molecular formula is C24H19FN6O4S. The van der Waals surface area contributed by atoms with E-state index in [2.05, 4.69) is 25.1 Å². The fourth-order valence-corrected chi connectivity index (χ4v) is 4.95. The van der Waals surface area contributed by atoms with Crippen molar-refractivity contribution in [1.29, 1.82) is 0 Å². The summed E-state index contributed by atoms with van der Waals surface area (Å²) in [5, 5.41) is 22.5. The van der Waals surface area contributed by atoms with E-state index in [-0.39, 0.29) is 11.3 Å². The molecule has 1 atom stereocenters. The van der Waals surface area contributed by atoms with E-state index in [4.69, 9.17) is 0 Å². The van der Waals surface area contributed by atoms with E-state index >= 15 is 0 Å². The van der Waals surface area contributed by atoms with Crippen LogP contribution in [0.15, 0.2) is 83.9 Å². The fraction of sp³-hybridized carbons (Fsp3) is 0.0833. The highest BCUT2D eigenvalue weighted by atomic mass is 32.2. The van der Waals surface area contributed by atoms with Crippen LogP contribution in [0.4, 0.5) is 4.39 Å². The molecule has 0 saturated carbocycles. The molecule has 0 aliphatic heterocycles. The van der Waals surface area contributed by atoms with E-state index < -0.39 is 27.9 Å². The van der Waals surface area contributed by atoms with E-state index in [0.717, 1.165) is 5.69 Å². The van der Waals surface area contributed by atoms with Crippen molar-refractivity contribution >= 4 is 26.9 Å². The minimum absolute atomic E-state index is 0.127. The van der Waals surface area contributed by atoms with Gasteiger partial charge in [0.15, 0.2) is 0 Å². The molecule has 3 N–H and O–H groups in total. The van der Waals surface area contributed by atoms with Crippen LogP contribution in [0.2, 0.25) is 0 Å². The number of H-pyrrole nitrogens is 1. The molecule has 0 amide bonds. The Morgan fingerprint density at radius 3 is 2.56 bits per heavy atom. The molecule has 10 nitrogen and oxygen atoms in total. The number of hydrogen-bond donors (Lipinski definition) is 3. The van der Waals surface area contributed by atoms with Crippen LogP contribution in [0.25, 0.3) is 28.0 Å². The molecule has 0 unspecified atom stereocenters. The van der Waals surface area contributed by atoms with Crippen molar-refractivity contribution in [1.82, 2.24) is 29.9 Å². The quantitative estimate of drug-likeness (QED) is 0.294. The molecule has 12 heteroatoms. The lowest BCUT2D eigenvalue weighted by Crippen LogP contribution is -2.42. The lowest BCUT2D eigenvalue weighted by molar-refractivity contribution is -0.138. The Hall–Kier alpha value is -4.42. The number of hydrogen-bond acceptors (Lipinski definition) is 6. The molecule has 0 bridgehead atoms. The number of benzene rings is 3. The number of aliphatic carboxylic acids is 1. The number of tetrazole rings is 1. The smallest absolute Gasteiger partial charge is 0.322 e. The number of aromatic amines is 1. The summed E-state index contributed by atoms with van der Waals surface area (Å²) in [5.74, 6) is -1.54. The Morgan fingerprint density at radius 1 is 1.08 bits per heavy atom. The lowest BCUT2D eigenvalue weighted by Gasteiger charge is -2.15. The number of para-hydroxylation sites is 1. The standard InChI is InChI=1S/C24H19FN6O4S/c25-17-8-11-21-20(13-17)16(14-26-21)12-22(24(32)33)29-36(34,35)19-9-6-15(7-10-19)23-27-30-31(28-23)18-4-2-1-3-5-18/h1-11,13-14,22,26,29H,12H2,(H,32,33)/t22-/m0/s1. The summed E-state index contributed by atoms with van der Waals surface area (Å²) in [6.07, 6.45) is 1.36. The zero-order valence-corrected chi connectivity index (χ0v) is 19.4. The van der Waals surface area contributed by atoms with E-state index in [0.29, 0.717) is 27.9 Å². The molecule has 0 aliphatic rings. The van der Waals surface area contributed by atoms with Crippen LogP contribution in [-0.2, 0) is 21.2 Å². The van der Waals surface area contributed by atoms with Gasteiger partial charge in [-0.05, 0) is 65.4 Å². The maximum Gasteiger partial charge on any atom is 0.322 e. The summed E-state index contributed by atoms with van der Waals surface area (Å²) in [4.78, 5) is 16.0. The second-order valence-electron chi connectivity index (χ2n) is 7.98. The van der Waals surface area contributed by atoms with E-state index in [9.17, 15) is 22.7 Å². The number of aromatic nitrogens is 5. The minimum Gasteiger partial charge on any atom is -0.480 e. The van der Waals surface area contributed by atoms with Crippen molar-refractivity contribution in [3.05, 3.63) is 90.4 Å². The second kappa shape index (κ2) is 9.32. The molecule has 2 heterocycles. The molecule has 0 aliphatic carbocycles. The number of rotatable bonds is 8. The van der Waals surface area contributed by atoms with E-state index in [1.54, 1.807) is 6.20 Å². The highest BCUT2D eigenvalue weighted by Gasteiger charge is 2.27. The average Bonchev–Trinajstić information content (AvgIpc) is 3.52. The van der Waals surface area contributed by atoms with Crippen molar-refractivity contribution in [2.24, 2.45) is 0 Å². The third-order valence-electron chi connectivity index (χ3n) is 5.57. The largest absolute Gasteiger partial charge is 0.480 e. The Balaban J connectivity index is 1.35. The Kier molecular flexibility index (Phi) is 6.04. The average molecular weight is 507 g/mol. The van der Waals surface area contributed by atoms with Crippen LogP contribution in [0.5, 0.6) is 0 Å². The Morgan fingerprint density at radius 2 is 1.83 bits per heavy atom. The fourth-order valence-electron chi connectivity index (χ4n) is 3.76. The van der Waals surface area contributed by atoms with E-state index in [1.807, 2.05) is 30.3 Å². The Bertz CT molecular complexity index is 1650. The summed E-state index contributed by atoms with van der Waals surface area (Å²) in [6, 6.07) is 17.5. The molecule has 182 valence electrons. The van der Waals surface area contributed by atoms with Gasteiger partial charge in [-0.3, -0.25) is 4.79 Å². The normalized spacial score (nSPS) is 12.6. The maximum atomic E-state index is 13.7. The predicted molar refractivity (Wildman–Crippen MR) is 128 cm³/mol. The molecule has 0 radical (unpaired) electrons. The van der Waals surface area contributed by atoms with Crippen molar-refractivity contribution in [2.45, 2.75) is 17.4 Å². The number of nitrogens with zero attached hydrogens (tertiary/aromatic N) is 4. The van der Waals surface area contributed by atoms with Crippen molar-refractivity contribution in [3.63, 3.8) is 0 Å². The molecule has 5 rings (SSSR count). The molecule has 36 heavy (non-hydrogen) atoms. The van der Waals surface area contributed by atoms with Crippen LogP contribution >= 0.6 is 0 Å². The van der Waals surface area contributed by atoms with Gasteiger partial charge >= 0.3 is 5.97 Å². The van der Waals surface area contributed by atoms with E-state index in [1.165, 1.54) is 47.3 Å². The predicted octanol–water partition coefficient (Wildman–Crippen LogP) is 2.92. The monoisotopic (exact) mass is 506 g/mol. The van der Waals surface area contributed by atoms with Gasteiger partial charge in [0, 0.05) is 29.1 Å². The first-order valence-corrected chi connectivity index (χ1v) is 12.2. The van der Waals surface area contributed by atoms with Crippen LogP contribution in [0.3, 0.4) is 0 Å². The van der Waals surface area contributed by atoms with Gasteiger partial charge in [-0.1, -0.05) is 18.2 Å². The highest BCUT2D eigenvalue weighted by molar-refractivity contribution is 7.89. The maximum absolute atomic E-state index is 13.7. The summed E-state index contributed by atoms with van der Waals surface area (Å²) in [7, 11) is -4.18. The number of carboxylic acid groups (broad SMARTS) is 1. The van der Waals surface area contributed by atoms with Crippen LogP contribution in [0.1, 0.15) is 5.56 Å². The third-order valence-corrected chi connectivity index (χ3v) is 7.06. The molecular weight excluding hydrogens is 487 g/mol. The van der Waals surface area contributed by atoms with Gasteiger partial charge in [-0.15, -0.1) is 15.0 Å². The molecule has 3 aromatic carbocycles. The summed E-state index contributed by atoms with van der Waals surface area (Å²) < 4.78 is 41.8. The number of carboxylic acids is 1. The van der Waals surface area contributed by atoms with Crippen LogP contribution in [0, 0.1) is 5.82 Å². The molecule has 2 aromatic heterocycles. The number of sulfonamides is 1. The SMILES string of the molecule is O=C(O)[C@H](Cc1c[nH]c2ccc(F)cc12)NS(=O)(=O)c1ccc(-c2nnn(-c3ccccc3)n2)cc1. The van der Waals surface area contributed by atoms with Gasteiger partial charge in [0.1, 0.15) is 11.9 Å². The van der Waals surface area contributed by atoms with Crippen LogP contribution in [-0.4, -0.2) is 50.7 Å². The number of halogens is 1. The van der Waals surface area contributed by atoms with Gasteiger partial charge in [0.2, 0.25) is 15.8 Å². The van der Waals surface area contributed by atoms with Gasteiger partial charge in [-0.25, -0.2) is 12.8 Å².